The van der Waals surface area contributed by atoms with Gasteiger partial charge in [-0.2, -0.15) is 0 Å². The Morgan fingerprint density at radius 1 is 1.04 bits per heavy atom. The molecular formula is C20H21N3O3S. The molecule has 3 rings (SSSR count). The molecule has 0 saturated carbocycles. The summed E-state index contributed by atoms with van der Waals surface area (Å²) in [5.41, 5.74) is 3.26. The molecule has 6 nitrogen and oxygen atoms in total. The van der Waals surface area contributed by atoms with Crippen molar-refractivity contribution in [2.45, 2.75) is 18.4 Å². The predicted molar refractivity (Wildman–Crippen MR) is 107 cm³/mol. The third-order valence-corrected chi connectivity index (χ3v) is 5.37. The maximum atomic E-state index is 12.7. The minimum Gasteiger partial charge on any atom is -0.495 e. The van der Waals surface area contributed by atoms with Crippen LogP contribution in [-0.4, -0.2) is 20.5 Å². The van der Waals surface area contributed by atoms with E-state index < -0.39 is 10.0 Å². The van der Waals surface area contributed by atoms with Gasteiger partial charge in [0.2, 0.25) is 0 Å². The van der Waals surface area contributed by atoms with Gasteiger partial charge in [-0.25, -0.2) is 8.42 Å². The lowest BCUT2D eigenvalue weighted by Crippen LogP contribution is -2.14. The molecule has 0 fully saturated rings. The molecule has 2 aromatic carbocycles. The van der Waals surface area contributed by atoms with Crippen molar-refractivity contribution in [1.29, 1.82) is 0 Å². The van der Waals surface area contributed by atoms with Gasteiger partial charge in [-0.15, -0.1) is 0 Å². The van der Waals surface area contributed by atoms with Crippen molar-refractivity contribution >= 4 is 21.4 Å². The van der Waals surface area contributed by atoms with Crippen LogP contribution in [0.4, 0.5) is 11.4 Å². The van der Waals surface area contributed by atoms with Crippen LogP contribution in [0.5, 0.6) is 5.75 Å². The zero-order valence-corrected chi connectivity index (χ0v) is 16.0. The lowest BCUT2D eigenvalue weighted by molar-refractivity contribution is 0.402. The summed E-state index contributed by atoms with van der Waals surface area (Å²) in [5, 5.41) is 3.27. The molecule has 1 aromatic heterocycles. The lowest BCUT2D eigenvalue weighted by Gasteiger charge is -2.13. The highest BCUT2D eigenvalue weighted by Gasteiger charge is 2.19. The molecule has 140 valence electrons. The molecule has 0 amide bonds. The van der Waals surface area contributed by atoms with Crippen molar-refractivity contribution in [2.75, 3.05) is 17.1 Å². The van der Waals surface area contributed by atoms with Gasteiger partial charge in [-0.05, 0) is 60.5 Å². The molecule has 1 heterocycles. The van der Waals surface area contributed by atoms with Crippen LogP contribution in [0.2, 0.25) is 0 Å². The van der Waals surface area contributed by atoms with Crippen LogP contribution in [0.1, 0.15) is 11.1 Å². The summed E-state index contributed by atoms with van der Waals surface area (Å²) < 4.78 is 33.2. The van der Waals surface area contributed by atoms with Gasteiger partial charge in [0.25, 0.3) is 10.0 Å². The van der Waals surface area contributed by atoms with Crippen molar-refractivity contribution < 1.29 is 13.2 Å². The molecule has 0 aliphatic carbocycles. The Labute approximate surface area is 159 Å². The number of nitrogens with zero attached hydrogens (tertiary/aromatic N) is 1. The topological polar surface area (TPSA) is 80.3 Å². The van der Waals surface area contributed by atoms with Gasteiger partial charge in [0.05, 0.1) is 7.11 Å². The number of anilines is 2. The number of ether oxygens (including phenoxy) is 1. The zero-order chi connectivity index (χ0) is 19.3. The maximum absolute atomic E-state index is 12.7. The van der Waals surface area contributed by atoms with Crippen molar-refractivity contribution in [1.82, 2.24) is 4.98 Å². The van der Waals surface area contributed by atoms with Crippen LogP contribution in [0, 0.1) is 6.92 Å². The van der Waals surface area contributed by atoms with Crippen molar-refractivity contribution in [3.05, 3.63) is 78.1 Å². The Bertz CT molecular complexity index is 1000. The molecule has 0 unspecified atom stereocenters. The average molecular weight is 383 g/mol. The SMILES string of the molecule is COc1ccc(C)cc1S(=O)(=O)Nc1ccc(NCc2cccnc2)cc1. The molecule has 0 spiro atoms. The third-order valence-electron chi connectivity index (χ3n) is 3.97. The first-order chi connectivity index (χ1) is 13.0. The number of hydrogen-bond donors (Lipinski definition) is 2. The van der Waals surface area contributed by atoms with Gasteiger partial charge in [0, 0.05) is 30.3 Å². The monoisotopic (exact) mass is 383 g/mol. The minimum absolute atomic E-state index is 0.115. The molecule has 3 aromatic rings. The standard InChI is InChI=1S/C20H21N3O3S/c1-15-5-10-19(26-2)20(12-15)27(24,25)23-18-8-6-17(7-9-18)22-14-16-4-3-11-21-13-16/h3-13,22-23H,14H2,1-2H3. The van der Waals surface area contributed by atoms with E-state index in [1.54, 1.807) is 42.7 Å². The van der Waals surface area contributed by atoms with Crippen LogP contribution < -0.4 is 14.8 Å². The van der Waals surface area contributed by atoms with Crippen LogP contribution in [-0.2, 0) is 16.6 Å². The smallest absolute Gasteiger partial charge is 0.265 e. The van der Waals surface area contributed by atoms with Gasteiger partial charge in [-0.1, -0.05) is 12.1 Å². The van der Waals surface area contributed by atoms with E-state index in [0.29, 0.717) is 18.0 Å². The first-order valence-electron chi connectivity index (χ1n) is 8.38. The van der Waals surface area contributed by atoms with E-state index in [-0.39, 0.29) is 4.90 Å². The summed E-state index contributed by atoms with van der Waals surface area (Å²) in [4.78, 5) is 4.19. The number of methoxy groups -OCH3 is 1. The highest BCUT2D eigenvalue weighted by molar-refractivity contribution is 7.92. The second-order valence-corrected chi connectivity index (χ2v) is 7.70. The highest BCUT2D eigenvalue weighted by atomic mass is 32.2. The molecule has 0 bridgehead atoms. The Hall–Kier alpha value is -3.06. The normalized spacial score (nSPS) is 11.0. The fourth-order valence-electron chi connectivity index (χ4n) is 2.57. The largest absolute Gasteiger partial charge is 0.495 e. The Kier molecular flexibility index (Phi) is 5.61. The highest BCUT2D eigenvalue weighted by Crippen LogP contribution is 2.27. The van der Waals surface area contributed by atoms with Crippen LogP contribution in [0.25, 0.3) is 0 Å². The average Bonchev–Trinajstić information content (AvgIpc) is 2.68. The molecule has 0 aliphatic rings. The molecule has 2 N–H and O–H groups in total. The number of nitrogens with one attached hydrogen (secondary N) is 2. The number of aromatic nitrogens is 1. The van der Waals surface area contributed by atoms with E-state index in [2.05, 4.69) is 15.0 Å². The number of benzene rings is 2. The lowest BCUT2D eigenvalue weighted by atomic mass is 10.2. The molecule has 0 aliphatic heterocycles. The van der Waals surface area contributed by atoms with E-state index in [0.717, 1.165) is 16.8 Å². The van der Waals surface area contributed by atoms with Crippen molar-refractivity contribution in [3.8, 4) is 5.75 Å². The quantitative estimate of drug-likeness (QED) is 0.648. The van der Waals surface area contributed by atoms with Gasteiger partial charge < -0.3 is 10.1 Å². The number of hydrogen-bond acceptors (Lipinski definition) is 5. The summed E-state index contributed by atoms with van der Waals surface area (Å²) in [6.07, 6.45) is 3.53. The zero-order valence-electron chi connectivity index (χ0n) is 15.1. The molecule has 0 saturated heterocycles. The second kappa shape index (κ2) is 8.09. The van der Waals surface area contributed by atoms with E-state index in [1.165, 1.54) is 7.11 Å². The number of pyridine rings is 1. The van der Waals surface area contributed by atoms with Crippen molar-refractivity contribution in [2.24, 2.45) is 0 Å². The first-order valence-corrected chi connectivity index (χ1v) is 9.86. The number of sulfonamides is 1. The maximum Gasteiger partial charge on any atom is 0.265 e. The van der Waals surface area contributed by atoms with E-state index >= 15 is 0 Å². The van der Waals surface area contributed by atoms with Gasteiger partial charge >= 0.3 is 0 Å². The summed E-state index contributed by atoms with van der Waals surface area (Å²) in [7, 11) is -2.30. The second-order valence-electron chi connectivity index (χ2n) is 6.05. The third kappa shape index (κ3) is 4.77. The fraction of sp³-hybridized carbons (Fsp3) is 0.150. The van der Waals surface area contributed by atoms with Gasteiger partial charge in [0.1, 0.15) is 10.6 Å². The Morgan fingerprint density at radius 2 is 1.78 bits per heavy atom. The van der Waals surface area contributed by atoms with Crippen LogP contribution >= 0.6 is 0 Å². The van der Waals surface area contributed by atoms with Crippen molar-refractivity contribution in [3.63, 3.8) is 0 Å². The van der Waals surface area contributed by atoms with E-state index in [9.17, 15) is 8.42 Å². The summed E-state index contributed by atoms with van der Waals surface area (Å²) in [6.45, 7) is 2.47. The molecule has 0 radical (unpaired) electrons. The fourth-order valence-corrected chi connectivity index (χ4v) is 3.88. The van der Waals surface area contributed by atoms with E-state index in [1.807, 2.05) is 31.2 Å². The van der Waals surface area contributed by atoms with Gasteiger partial charge in [0.15, 0.2) is 0 Å². The summed E-state index contributed by atoms with van der Waals surface area (Å²) in [5.74, 6) is 0.308. The summed E-state index contributed by atoms with van der Waals surface area (Å²) in [6, 6.07) is 16.0. The van der Waals surface area contributed by atoms with Gasteiger partial charge in [-0.3, -0.25) is 9.71 Å². The number of rotatable bonds is 7. The van der Waals surface area contributed by atoms with Crippen LogP contribution in [0.3, 0.4) is 0 Å². The number of aryl methyl sites for hydroxylation is 1. The van der Waals surface area contributed by atoms with Crippen LogP contribution in [0.15, 0.2) is 71.9 Å². The molecular weight excluding hydrogens is 362 g/mol. The first kappa shape index (κ1) is 18.7. The summed E-state index contributed by atoms with van der Waals surface area (Å²) >= 11 is 0. The molecule has 27 heavy (non-hydrogen) atoms. The van der Waals surface area contributed by atoms with E-state index in [4.69, 9.17) is 4.74 Å². The minimum atomic E-state index is -3.75. The predicted octanol–water partition coefficient (Wildman–Crippen LogP) is 3.81. The Balaban J connectivity index is 1.71. The Morgan fingerprint density at radius 3 is 2.44 bits per heavy atom. The molecule has 0 atom stereocenters. The molecule has 7 heteroatoms.